The largest absolute Gasteiger partial charge is 0.465 e. The van der Waals surface area contributed by atoms with Gasteiger partial charge in [0.1, 0.15) is 18.1 Å². The third-order valence-corrected chi connectivity index (χ3v) is 4.94. The molecule has 0 aromatic carbocycles. The summed E-state index contributed by atoms with van der Waals surface area (Å²) in [7, 11) is 0. The molecule has 160 valence electrons. The monoisotopic (exact) mass is 403 g/mol. The third-order valence-electron chi connectivity index (χ3n) is 4.94. The molecular weight excluding hydrogens is 370 g/mol. The van der Waals surface area contributed by atoms with Gasteiger partial charge in [0.15, 0.2) is 11.7 Å². The van der Waals surface area contributed by atoms with Gasteiger partial charge in [0, 0.05) is 32.2 Å². The molecule has 1 aliphatic rings. The minimum absolute atomic E-state index is 0.120. The molecule has 1 aliphatic heterocycles. The lowest BCUT2D eigenvalue weighted by Gasteiger charge is -2.33. The number of nitrogens with zero attached hydrogens (tertiary/aromatic N) is 3. The number of hydrogen-bond acceptors (Lipinski definition) is 6. The molecule has 8 heteroatoms. The molecule has 1 atom stereocenters. The number of rotatable bonds is 8. The van der Waals surface area contributed by atoms with Gasteiger partial charge in [-0.3, -0.25) is 4.90 Å². The van der Waals surface area contributed by atoms with Crippen molar-refractivity contribution < 1.29 is 13.7 Å². The highest BCUT2D eigenvalue weighted by Gasteiger charge is 2.25. The molecule has 1 unspecified atom stereocenters. The van der Waals surface area contributed by atoms with Crippen molar-refractivity contribution in [3.05, 3.63) is 41.2 Å². The average Bonchev–Trinajstić information content (AvgIpc) is 3.36. The molecule has 3 heterocycles. The van der Waals surface area contributed by atoms with Crippen molar-refractivity contribution in [2.24, 2.45) is 4.99 Å². The zero-order chi connectivity index (χ0) is 20.6. The van der Waals surface area contributed by atoms with Gasteiger partial charge in [0.2, 0.25) is 0 Å². The third kappa shape index (κ3) is 6.08. The average molecular weight is 404 g/mol. The molecule has 0 amide bonds. The summed E-state index contributed by atoms with van der Waals surface area (Å²) in [6.07, 6.45) is 0. The van der Waals surface area contributed by atoms with Crippen LogP contribution in [0.1, 0.15) is 55.7 Å². The van der Waals surface area contributed by atoms with Crippen LogP contribution >= 0.6 is 0 Å². The molecule has 0 radical (unpaired) electrons. The van der Waals surface area contributed by atoms with Crippen LogP contribution in [0.2, 0.25) is 0 Å². The number of aryl methyl sites for hydroxylation is 1. The molecule has 2 aromatic rings. The van der Waals surface area contributed by atoms with Crippen LogP contribution in [0.5, 0.6) is 0 Å². The van der Waals surface area contributed by atoms with Gasteiger partial charge < -0.3 is 24.3 Å². The Morgan fingerprint density at radius 1 is 1.24 bits per heavy atom. The maximum atomic E-state index is 5.94. The van der Waals surface area contributed by atoms with Crippen LogP contribution in [-0.4, -0.2) is 55.4 Å². The maximum absolute atomic E-state index is 5.94. The number of ether oxygens (including phenoxy) is 1. The molecule has 2 aromatic heterocycles. The van der Waals surface area contributed by atoms with Crippen LogP contribution < -0.4 is 10.6 Å². The van der Waals surface area contributed by atoms with Crippen LogP contribution in [0.25, 0.3) is 0 Å². The summed E-state index contributed by atoms with van der Waals surface area (Å²) >= 11 is 0. The van der Waals surface area contributed by atoms with E-state index in [2.05, 4.69) is 52.5 Å². The van der Waals surface area contributed by atoms with Crippen molar-refractivity contribution in [3.8, 4) is 0 Å². The first-order valence-corrected chi connectivity index (χ1v) is 10.4. The zero-order valence-electron chi connectivity index (χ0n) is 17.9. The summed E-state index contributed by atoms with van der Waals surface area (Å²) in [5.74, 6) is 3.73. The molecule has 0 spiro atoms. The Morgan fingerprint density at radius 2 is 2.03 bits per heavy atom. The van der Waals surface area contributed by atoms with E-state index < -0.39 is 0 Å². The van der Waals surface area contributed by atoms with Crippen LogP contribution in [-0.2, 0) is 11.3 Å². The number of morpholine rings is 1. The van der Waals surface area contributed by atoms with E-state index in [4.69, 9.17) is 13.7 Å². The Balaban J connectivity index is 1.66. The number of guanidine groups is 1. The molecule has 29 heavy (non-hydrogen) atoms. The summed E-state index contributed by atoms with van der Waals surface area (Å²) in [6, 6.07) is 6.16. The second-order valence-electron chi connectivity index (χ2n) is 7.56. The molecule has 0 aliphatic carbocycles. The Kier molecular flexibility index (Phi) is 7.71. The van der Waals surface area contributed by atoms with E-state index in [1.165, 1.54) is 0 Å². The number of furan rings is 1. The lowest BCUT2D eigenvalue weighted by molar-refractivity contribution is 0.0124. The van der Waals surface area contributed by atoms with Crippen LogP contribution in [0.3, 0.4) is 0 Å². The zero-order valence-corrected chi connectivity index (χ0v) is 17.9. The molecule has 3 rings (SSSR count). The number of aliphatic imine (C=N–C) groups is 1. The summed E-state index contributed by atoms with van der Waals surface area (Å²) in [5.41, 5.74) is 0.953. The number of hydrogen-bond donors (Lipinski definition) is 2. The van der Waals surface area contributed by atoms with Gasteiger partial charge in [-0.15, -0.1) is 0 Å². The Hall–Kier alpha value is -2.32. The van der Waals surface area contributed by atoms with E-state index in [9.17, 15) is 0 Å². The lowest BCUT2D eigenvalue weighted by Crippen LogP contribution is -2.46. The van der Waals surface area contributed by atoms with Crippen molar-refractivity contribution in [1.29, 1.82) is 0 Å². The Bertz CT molecular complexity index is 777. The molecule has 0 saturated carbocycles. The summed E-state index contributed by atoms with van der Waals surface area (Å²) in [6.45, 7) is 13.4. The predicted octanol–water partition coefficient (Wildman–Crippen LogP) is 2.83. The summed E-state index contributed by atoms with van der Waals surface area (Å²) < 4.78 is 16.9. The van der Waals surface area contributed by atoms with Crippen LogP contribution in [0, 0.1) is 6.92 Å². The second kappa shape index (κ2) is 10.5. The van der Waals surface area contributed by atoms with Crippen molar-refractivity contribution in [1.82, 2.24) is 20.7 Å². The normalized spacial score (nSPS) is 16.9. The van der Waals surface area contributed by atoms with Crippen molar-refractivity contribution in [2.45, 2.75) is 46.2 Å². The lowest BCUT2D eigenvalue weighted by atomic mass is 10.1. The first kappa shape index (κ1) is 21.4. The fourth-order valence-corrected chi connectivity index (χ4v) is 3.30. The standard InChI is InChI=1S/C21H33N5O3/c1-5-22-21(23-13-17-12-18(15(2)3)25-29-17)24-14-19(20-7-6-16(4)28-20)26-8-10-27-11-9-26/h6-7,12,15,19H,5,8-11,13-14H2,1-4H3,(H2,22,23,24). The van der Waals surface area contributed by atoms with Gasteiger partial charge in [0.05, 0.1) is 24.9 Å². The molecule has 0 bridgehead atoms. The van der Waals surface area contributed by atoms with E-state index in [0.717, 1.165) is 61.8 Å². The van der Waals surface area contributed by atoms with Crippen molar-refractivity contribution in [2.75, 3.05) is 39.4 Å². The van der Waals surface area contributed by atoms with Crippen molar-refractivity contribution >= 4 is 5.96 Å². The maximum Gasteiger partial charge on any atom is 0.191 e. The first-order chi connectivity index (χ1) is 14.1. The smallest absolute Gasteiger partial charge is 0.191 e. The SMILES string of the molecule is CCNC(=NCc1cc(C(C)C)no1)NCC(c1ccc(C)o1)N1CCOCC1. The predicted molar refractivity (Wildman–Crippen MR) is 112 cm³/mol. The number of aromatic nitrogens is 1. The van der Waals surface area contributed by atoms with E-state index in [1.807, 2.05) is 19.1 Å². The van der Waals surface area contributed by atoms with Crippen molar-refractivity contribution in [3.63, 3.8) is 0 Å². The van der Waals surface area contributed by atoms with E-state index in [-0.39, 0.29) is 6.04 Å². The molecule has 8 nitrogen and oxygen atoms in total. The van der Waals surface area contributed by atoms with Gasteiger partial charge in [-0.1, -0.05) is 19.0 Å². The first-order valence-electron chi connectivity index (χ1n) is 10.4. The topological polar surface area (TPSA) is 88.1 Å². The molecule has 1 fully saturated rings. The van der Waals surface area contributed by atoms with Gasteiger partial charge in [-0.25, -0.2) is 4.99 Å². The van der Waals surface area contributed by atoms with E-state index >= 15 is 0 Å². The fourth-order valence-electron chi connectivity index (χ4n) is 3.30. The van der Waals surface area contributed by atoms with Crippen LogP contribution in [0.15, 0.2) is 32.1 Å². The molecule has 2 N–H and O–H groups in total. The minimum atomic E-state index is 0.120. The quantitative estimate of drug-likeness (QED) is 0.518. The molecular formula is C21H33N5O3. The van der Waals surface area contributed by atoms with E-state index in [0.29, 0.717) is 19.0 Å². The second-order valence-corrected chi connectivity index (χ2v) is 7.56. The van der Waals surface area contributed by atoms with E-state index in [1.54, 1.807) is 0 Å². The number of nitrogens with one attached hydrogen (secondary N) is 2. The Morgan fingerprint density at radius 3 is 2.66 bits per heavy atom. The highest BCUT2D eigenvalue weighted by Crippen LogP contribution is 2.23. The minimum Gasteiger partial charge on any atom is -0.465 e. The van der Waals surface area contributed by atoms with Gasteiger partial charge in [-0.2, -0.15) is 0 Å². The van der Waals surface area contributed by atoms with Gasteiger partial charge >= 0.3 is 0 Å². The summed E-state index contributed by atoms with van der Waals surface area (Å²) in [5, 5.41) is 10.9. The molecule has 1 saturated heterocycles. The van der Waals surface area contributed by atoms with Gasteiger partial charge in [-0.05, 0) is 31.9 Å². The summed E-state index contributed by atoms with van der Waals surface area (Å²) in [4.78, 5) is 7.05. The Labute approximate surface area is 172 Å². The highest BCUT2D eigenvalue weighted by atomic mass is 16.5. The van der Waals surface area contributed by atoms with Gasteiger partial charge in [0.25, 0.3) is 0 Å². The highest BCUT2D eigenvalue weighted by molar-refractivity contribution is 5.79. The van der Waals surface area contributed by atoms with Crippen LogP contribution in [0.4, 0.5) is 0 Å². The fraction of sp³-hybridized carbons (Fsp3) is 0.619.